The van der Waals surface area contributed by atoms with Gasteiger partial charge in [0.1, 0.15) is 6.10 Å². The van der Waals surface area contributed by atoms with Gasteiger partial charge in [-0.3, -0.25) is 0 Å². The van der Waals surface area contributed by atoms with Crippen molar-refractivity contribution in [3.8, 4) is 0 Å². The number of hydrogen-bond acceptors (Lipinski definition) is 2. The third-order valence-corrected chi connectivity index (χ3v) is 8.82. The van der Waals surface area contributed by atoms with E-state index in [9.17, 15) is 0 Å². The van der Waals surface area contributed by atoms with E-state index in [1.165, 1.54) is 5.56 Å². The monoisotopic (exact) mass is 316 g/mol. The maximum absolute atomic E-state index is 6.27. The highest BCUT2D eigenvalue weighted by Gasteiger charge is 2.40. The molecule has 1 aliphatic rings. The van der Waals surface area contributed by atoms with Gasteiger partial charge in [-0.2, -0.15) is 0 Å². The molecule has 0 amide bonds. The maximum Gasteiger partial charge on any atom is 0.261 e. The normalized spacial score (nSPS) is 19.7. The molecule has 2 nitrogen and oxygen atoms in total. The van der Waals surface area contributed by atoms with Gasteiger partial charge in [0.05, 0.1) is 0 Å². The van der Waals surface area contributed by atoms with Gasteiger partial charge in [0.25, 0.3) is 14.3 Å². The molecule has 0 saturated carbocycles. The highest BCUT2D eigenvalue weighted by atomic mass is 28.4. The summed E-state index contributed by atoms with van der Waals surface area (Å²) in [4.78, 5) is 0. The molecular formula is C19H28O2Si. The molecule has 1 aromatic carbocycles. The Hall–Kier alpha value is -1.48. The summed E-state index contributed by atoms with van der Waals surface area (Å²) < 4.78 is 12.3. The van der Waals surface area contributed by atoms with Gasteiger partial charge in [0.2, 0.25) is 0 Å². The lowest BCUT2D eigenvalue weighted by Gasteiger charge is -2.38. The minimum Gasteiger partial charge on any atom is -0.519 e. The van der Waals surface area contributed by atoms with E-state index in [1.54, 1.807) is 0 Å². The van der Waals surface area contributed by atoms with E-state index in [-0.39, 0.29) is 11.1 Å². The number of allylic oxidation sites excluding steroid dienone is 1. The molecule has 0 N–H and O–H groups in total. The molecule has 0 unspecified atom stereocenters. The van der Waals surface area contributed by atoms with Crippen LogP contribution in [-0.4, -0.2) is 14.4 Å². The van der Waals surface area contributed by atoms with E-state index >= 15 is 0 Å². The lowest BCUT2D eigenvalue weighted by Crippen LogP contribution is -2.41. The van der Waals surface area contributed by atoms with Crippen molar-refractivity contribution in [2.75, 3.05) is 0 Å². The second-order valence-corrected chi connectivity index (χ2v) is 12.1. The van der Waals surface area contributed by atoms with Crippen LogP contribution in [0.4, 0.5) is 0 Å². The Morgan fingerprint density at radius 3 is 2.50 bits per heavy atom. The highest BCUT2D eigenvalue weighted by molar-refractivity contribution is 6.74. The van der Waals surface area contributed by atoms with Gasteiger partial charge < -0.3 is 9.16 Å². The molecule has 0 bridgehead atoms. The van der Waals surface area contributed by atoms with Crippen LogP contribution in [0.5, 0.6) is 0 Å². The van der Waals surface area contributed by atoms with Crippen LogP contribution in [0.1, 0.15) is 39.2 Å². The molecule has 0 radical (unpaired) electrons. The average molecular weight is 317 g/mol. The standard InChI is InChI=1S/C19H28O2Si/c1-19(2,3)22(4,5)21-18-13-9-12-17(20-18)15-14-16-10-7-6-8-11-16/h6-8,10-11,13-15,17H,9,12H2,1-5H3/b15-14+/t17-/m1/s1. The molecule has 2 rings (SSSR count). The summed E-state index contributed by atoms with van der Waals surface area (Å²) in [5, 5.41) is 0.185. The molecular weight excluding hydrogens is 288 g/mol. The molecule has 0 aromatic heterocycles. The minimum absolute atomic E-state index is 0.102. The van der Waals surface area contributed by atoms with Crippen LogP contribution >= 0.6 is 0 Å². The first kappa shape index (κ1) is 16.9. The lowest BCUT2D eigenvalue weighted by molar-refractivity contribution is 0.0457. The van der Waals surface area contributed by atoms with Crippen LogP contribution < -0.4 is 0 Å². The lowest BCUT2D eigenvalue weighted by atomic mass is 10.1. The third-order valence-electron chi connectivity index (χ3n) is 4.49. The van der Waals surface area contributed by atoms with Crippen molar-refractivity contribution in [2.45, 2.75) is 57.8 Å². The summed E-state index contributed by atoms with van der Waals surface area (Å²) in [6.07, 6.45) is 8.47. The molecule has 0 saturated heterocycles. The Morgan fingerprint density at radius 1 is 1.18 bits per heavy atom. The highest BCUT2D eigenvalue weighted by Crippen LogP contribution is 2.38. The van der Waals surface area contributed by atoms with Gasteiger partial charge in [-0.05, 0) is 48.7 Å². The zero-order valence-electron chi connectivity index (χ0n) is 14.4. The molecule has 120 valence electrons. The Bertz CT molecular complexity index is 538. The van der Waals surface area contributed by atoms with E-state index < -0.39 is 8.32 Å². The number of rotatable bonds is 4. The van der Waals surface area contributed by atoms with Gasteiger partial charge in [0.15, 0.2) is 0 Å². The summed E-state index contributed by atoms with van der Waals surface area (Å²) in [6, 6.07) is 10.3. The van der Waals surface area contributed by atoms with Crippen molar-refractivity contribution in [2.24, 2.45) is 0 Å². The van der Waals surface area contributed by atoms with Crippen molar-refractivity contribution < 1.29 is 9.16 Å². The van der Waals surface area contributed by atoms with E-state index in [1.807, 2.05) is 18.2 Å². The van der Waals surface area contributed by atoms with Crippen LogP contribution in [0, 0.1) is 0 Å². The topological polar surface area (TPSA) is 18.5 Å². The summed E-state index contributed by atoms with van der Waals surface area (Å²) in [5.74, 6) is 0.723. The van der Waals surface area contributed by atoms with Crippen LogP contribution in [0.25, 0.3) is 6.08 Å². The number of ether oxygens (including phenoxy) is 1. The maximum atomic E-state index is 6.27. The first-order valence-corrected chi connectivity index (χ1v) is 11.0. The van der Waals surface area contributed by atoms with Crippen LogP contribution in [0.2, 0.25) is 18.1 Å². The van der Waals surface area contributed by atoms with E-state index in [0.29, 0.717) is 0 Å². The molecule has 1 atom stereocenters. The van der Waals surface area contributed by atoms with Crippen LogP contribution in [0.15, 0.2) is 48.4 Å². The zero-order valence-corrected chi connectivity index (χ0v) is 15.4. The second kappa shape index (κ2) is 6.74. The Balaban J connectivity index is 1.97. The Morgan fingerprint density at radius 2 is 1.86 bits per heavy atom. The smallest absolute Gasteiger partial charge is 0.261 e. The fraction of sp³-hybridized carbons (Fsp3) is 0.474. The van der Waals surface area contributed by atoms with Crippen molar-refractivity contribution in [3.63, 3.8) is 0 Å². The molecule has 22 heavy (non-hydrogen) atoms. The minimum atomic E-state index is -1.83. The predicted molar refractivity (Wildman–Crippen MR) is 95.9 cm³/mol. The Labute approximate surface area is 136 Å². The van der Waals surface area contributed by atoms with Gasteiger partial charge in [0, 0.05) is 0 Å². The Kier molecular flexibility index (Phi) is 5.17. The molecule has 1 aromatic rings. The van der Waals surface area contributed by atoms with Crippen molar-refractivity contribution in [1.29, 1.82) is 0 Å². The van der Waals surface area contributed by atoms with Crippen molar-refractivity contribution >= 4 is 14.4 Å². The van der Waals surface area contributed by atoms with Gasteiger partial charge in [-0.25, -0.2) is 0 Å². The van der Waals surface area contributed by atoms with E-state index in [4.69, 9.17) is 9.16 Å². The molecule has 1 heterocycles. The molecule has 3 heteroatoms. The average Bonchev–Trinajstić information content (AvgIpc) is 2.45. The summed E-state index contributed by atoms with van der Waals surface area (Å²) in [7, 11) is -1.83. The molecule has 0 fully saturated rings. The second-order valence-electron chi connectivity index (χ2n) is 7.39. The first-order valence-electron chi connectivity index (χ1n) is 8.07. The van der Waals surface area contributed by atoms with Crippen LogP contribution in [-0.2, 0) is 9.16 Å². The predicted octanol–water partition coefficient (Wildman–Crippen LogP) is 5.74. The fourth-order valence-corrected chi connectivity index (χ4v) is 2.95. The summed E-state index contributed by atoms with van der Waals surface area (Å²) in [5.41, 5.74) is 1.20. The first-order chi connectivity index (χ1) is 10.3. The van der Waals surface area contributed by atoms with Crippen LogP contribution in [0.3, 0.4) is 0 Å². The summed E-state index contributed by atoms with van der Waals surface area (Å²) >= 11 is 0. The quantitative estimate of drug-likeness (QED) is 0.659. The third kappa shape index (κ3) is 4.50. The zero-order chi connectivity index (χ0) is 16.2. The van der Waals surface area contributed by atoms with E-state index in [2.05, 4.69) is 64.2 Å². The van der Waals surface area contributed by atoms with E-state index in [0.717, 1.165) is 18.8 Å². The SMILES string of the molecule is CC(C)(C)[Si](C)(C)OC1=CCC[C@H](/C=C/c2ccccc2)O1. The van der Waals surface area contributed by atoms with Gasteiger partial charge in [-0.1, -0.05) is 57.2 Å². The van der Waals surface area contributed by atoms with Crippen molar-refractivity contribution in [1.82, 2.24) is 0 Å². The molecule has 1 aliphatic heterocycles. The number of benzene rings is 1. The largest absolute Gasteiger partial charge is 0.519 e. The van der Waals surface area contributed by atoms with Gasteiger partial charge in [-0.15, -0.1) is 0 Å². The molecule has 0 spiro atoms. The number of hydrogen-bond donors (Lipinski definition) is 0. The van der Waals surface area contributed by atoms with Gasteiger partial charge >= 0.3 is 0 Å². The fourth-order valence-electron chi connectivity index (χ4n) is 2.01. The van der Waals surface area contributed by atoms with Crippen molar-refractivity contribution in [3.05, 3.63) is 54.0 Å². The summed E-state index contributed by atoms with van der Waals surface area (Å²) in [6.45, 7) is 11.2. The molecule has 0 aliphatic carbocycles.